The lowest BCUT2D eigenvalue weighted by molar-refractivity contribution is -0.150. The third-order valence-corrected chi connectivity index (χ3v) is 5.98. The maximum atomic E-state index is 12.7. The average molecular weight is 462 g/mol. The maximum Gasteiger partial charge on any atom is 0.308 e. The van der Waals surface area contributed by atoms with E-state index in [1.807, 2.05) is 12.1 Å². The molecule has 0 saturated carbocycles. The minimum atomic E-state index is -0.836. The lowest BCUT2D eigenvalue weighted by atomic mass is 9.87. The third-order valence-electron chi connectivity index (χ3n) is 5.64. The fraction of sp³-hybridized carbons (Fsp3) is 0.565. The van der Waals surface area contributed by atoms with Crippen molar-refractivity contribution < 1.29 is 23.9 Å². The molecule has 2 saturated heterocycles. The molecule has 2 aliphatic heterocycles. The minimum absolute atomic E-state index is 0.0167. The maximum absolute atomic E-state index is 12.7. The third kappa shape index (κ3) is 6.26. The molecule has 2 heterocycles. The van der Waals surface area contributed by atoms with Crippen molar-refractivity contribution in [2.45, 2.75) is 57.6 Å². The van der Waals surface area contributed by atoms with Gasteiger partial charge < -0.3 is 19.7 Å². The van der Waals surface area contributed by atoms with Crippen LogP contribution in [0.5, 0.6) is 0 Å². The molecular formula is C23H31N3O5S. The lowest BCUT2D eigenvalue weighted by Gasteiger charge is -2.36. The zero-order chi connectivity index (χ0) is 23.3. The molecule has 1 aromatic rings. The molecule has 2 fully saturated rings. The van der Waals surface area contributed by atoms with Gasteiger partial charge in [-0.05, 0) is 48.2 Å². The van der Waals surface area contributed by atoms with Gasteiger partial charge in [0.05, 0.1) is 12.5 Å². The van der Waals surface area contributed by atoms with E-state index in [0.29, 0.717) is 25.3 Å². The number of piperazine rings is 1. The van der Waals surface area contributed by atoms with Gasteiger partial charge >= 0.3 is 5.97 Å². The molecule has 2 aliphatic rings. The molecule has 0 aliphatic carbocycles. The van der Waals surface area contributed by atoms with Gasteiger partial charge in [0.1, 0.15) is 12.6 Å². The van der Waals surface area contributed by atoms with Crippen LogP contribution in [0.4, 0.5) is 0 Å². The number of nitrogens with one attached hydrogen (secondary N) is 2. The van der Waals surface area contributed by atoms with Crippen molar-refractivity contribution in [3.8, 4) is 0 Å². The summed E-state index contributed by atoms with van der Waals surface area (Å²) >= 11 is 5.41. The van der Waals surface area contributed by atoms with E-state index >= 15 is 0 Å². The lowest BCUT2D eigenvalue weighted by Crippen LogP contribution is -2.60. The van der Waals surface area contributed by atoms with E-state index in [9.17, 15) is 14.4 Å². The van der Waals surface area contributed by atoms with Crippen LogP contribution in [-0.2, 0) is 24.5 Å². The molecule has 2 atom stereocenters. The average Bonchev–Trinajstić information content (AvgIpc) is 3.27. The van der Waals surface area contributed by atoms with Crippen molar-refractivity contribution in [2.75, 3.05) is 26.3 Å². The zero-order valence-corrected chi connectivity index (χ0v) is 19.6. The summed E-state index contributed by atoms with van der Waals surface area (Å²) in [4.78, 5) is 39.0. The van der Waals surface area contributed by atoms with Gasteiger partial charge in [0.25, 0.3) is 5.91 Å². The minimum Gasteiger partial charge on any atom is -0.463 e. The molecule has 0 radical (unpaired) electrons. The van der Waals surface area contributed by atoms with Crippen LogP contribution in [0.15, 0.2) is 24.3 Å². The highest BCUT2D eigenvalue weighted by molar-refractivity contribution is 7.80. The Hall–Kier alpha value is -2.52. The highest BCUT2D eigenvalue weighted by Crippen LogP contribution is 2.22. The number of benzene rings is 1. The summed E-state index contributed by atoms with van der Waals surface area (Å²) in [7, 11) is 0. The van der Waals surface area contributed by atoms with Gasteiger partial charge in [-0.3, -0.25) is 19.7 Å². The van der Waals surface area contributed by atoms with Crippen LogP contribution < -0.4 is 10.6 Å². The largest absolute Gasteiger partial charge is 0.463 e. The number of thiocarbonyl (C=S) groups is 1. The first kappa shape index (κ1) is 24.1. The molecule has 32 heavy (non-hydrogen) atoms. The van der Waals surface area contributed by atoms with Crippen LogP contribution >= 0.6 is 12.2 Å². The van der Waals surface area contributed by atoms with Crippen LogP contribution in [0.25, 0.3) is 0 Å². The Kier molecular flexibility index (Phi) is 7.84. The Morgan fingerprint density at radius 3 is 2.62 bits per heavy atom. The van der Waals surface area contributed by atoms with Crippen LogP contribution in [0.3, 0.4) is 0 Å². The van der Waals surface area contributed by atoms with Gasteiger partial charge in [-0.15, -0.1) is 0 Å². The highest BCUT2D eigenvalue weighted by Gasteiger charge is 2.34. The molecular weight excluding hydrogens is 430 g/mol. The van der Waals surface area contributed by atoms with Crippen molar-refractivity contribution in [2.24, 2.45) is 0 Å². The normalized spacial score (nSPS) is 21.1. The molecule has 2 amide bonds. The Morgan fingerprint density at radius 1 is 1.28 bits per heavy atom. The molecule has 0 spiro atoms. The number of carbonyl (C=O) groups excluding carboxylic acids is 3. The monoisotopic (exact) mass is 461 g/mol. The summed E-state index contributed by atoms with van der Waals surface area (Å²) in [6.07, 6.45) is 1.57. The molecule has 2 N–H and O–H groups in total. The van der Waals surface area contributed by atoms with E-state index < -0.39 is 12.0 Å². The number of rotatable bonds is 5. The summed E-state index contributed by atoms with van der Waals surface area (Å²) < 4.78 is 10.7. The fourth-order valence-corrected chi connectivity index (χ4v) is 4.01. The first-order chi connectivity index (χ1) is 15.1. The first-order valence-corrected chi connectivity index (χ1v) is 11.3. The Bertz CT molecular complexity index is 859. The zero-order valence-electron chi connectivity index (χ0n) is 18.8. The van der Waals surface area contributed by atoms with Crippen LogP contribution in [0, 0.1) is 0 Å². The second-order valence-corrected chi connectivity index (χ2v) is 9.50. The predicted octanol–water partition coefficient (Wildman–Crippen LogP) is 1.91. The second kappa shape index (κ2) is 10.4. The number of amides is 2. The van der Waals surface area contributed by atoms with E-state index in [2.05, 4.69) is 31.4 Å². The number of carbonyl (C=O) groups is 3. The van der Waals surface area contributed by atoms with Crippen LogP contribution in [-0.4, -0.2) is 66.2 Å². The summed E-state index contributed by atoms with van der Waals surface area (Å²) in [6, 6.07) is 6.50. The number of hydrogen-bond donors (Lipinski definition) is 2. The second-order valence-electron chi connectivity index (χ2n) is 9.11. The fourth-order valence-electron chi connectivity index (χ4n) is 3.70. The molecule has 3 rings (SSSR count). The van der Waals surface area contributed by atoms with Gasteiger partial charge in [0, 0.05) is 25.3 Å². The molecule has 174 valence electrons. The molecule has 1 aromatic carbocycles. The van der Waals surface area contributed by atoms with Crippen molar-refractivity contribution in [3.63, 3.8) is 0 Å². The Balaban J connectivity index is 1.59. The Labute approximate surface area is 194 Å². The van der Waals surface area contributed by atoms with E-state index in [4.69, 9.17) is 21.7 Å². The smallest absolute Gasteiger partial charge is 0.308 e. The van der Waals surface area contributed by atoms with Gasteiger partial charge in [0.15, 0.2) is 5.11 Å². The standard InChI is InChI=1S/C23H31N3O5S/c1-23(2,3)16-8-6-15(7-9-16)20(28)25-22(32)26-11-10-24-21(29)18(26)13-19(27)31-14-17-5-4-12-30-17/h6-9,17-18H,4-5,10-14H2,1-3H3,(H,24,29)(H,25,28,32). The van der Waals surface area contributed by atoms with Crippen molar-refractivity contribution in [3.05, 3.63) is 35.4 Å². The van der Waals surface area contributed by atoms with E-state index in [1.54, 1.807) is 17.0 Å². The van der Waals surface area contributed by atoms with E-state index in [1.165, 1.54) is 0 Å². The predicted molar refractivity (Wildman–Crippen MR) is 123 cm³/mol. The first-order valence-electron chi connectivity index (χ1n) is 10.9. The summed E-state index contributed by atoms with van der Waals surface area (Å²) in [5, 5.41) is 5.54. The van der Waals surface area contributed by atoms with Gasteiger partial charge in [-0.2, -0.15) is 0 Å². The topological polar surface area (TPSA) is 97.0 Å². The highest BCUT2D eigenvalue weighted by atomic mass is 32.1. The van der Waals surface area contributed by atoms with Crippen LogP contribution in [0.2, 0.25) is 0 Å². The number of hydrogen-bond acceptors (Lipinski definition) is 6. The van der Waals surface area contributed by atoms with Gasteiger partial charge in [0.2, 0.25) is 5.91 Å². The van der Waals surface area contributed by atoms with Gasteiger partial charge in [-0.1, -0.05) is 32.9 Å². The molecule has 8 nitrogen and oxygen atoms in total. The van der Waals surface area contributed by atoms with E-state index in [-0.39, 0.29) is 41.5 Å². The quantitative estimate of drug-likeness (QED) is 0.511. The SMILES string of the molecule is CC(C)(C)c1ccc(C(=O)NC(=S)N2CCNC(=O)C2CC(=O)OCC2CCCO2)cc1. The summed E-state index contributed by atoms with van der Waals surface area (Å²) in [5.74, 6) is -1.18. The summed E-state index contributed by atoms with van der Waals surface area (Å²) in [6.45, 7) is 7.92. The number of esters is 1. The van der Waals surface area contributed by atoms with Gasteiger partial charge in [-0.25, -0.2) is 0 Å². The number of ether oxygens (including phenoxy) is 2. The summed E-state index contributed by atoms with van der Waals surface area (Å²) in [5.41, 5.74) is 1.57. The van der Waals surface area contributed by atoms with E-state index in [0.717, 1.165) is 18.4 Å². The molecule has 0 aromatic heterocycles. The van der Waals surface area contributed by atoms with Crippen molar-refractivity contribution >= 4 is 35.1 Å². The molecule has 0 bridgehead atoms. The van der Waals surface area contributed by atoms with Crippen LogP contribution in [0.1, 0.15) is 56.0 Å². The Morgan fingerprint density at radius 2 is 2.00 bits per heavy atom. The number of nitrogens with zero attached hydrogens (tertiary/aromatic N) is 1. The molecule has 9 heteroatoms. The molecule has 2 unspecified atom stereocenters. The van der Waals surface area contributed by atoms with Crippen molar-refractivity contribution in [1.82, 2.24) is 15.5 Å². The van der Waals surface area contributed by atoms with Crippen molar-refractivity contribution in [1.29, 1.82) is 0 Å².